The molecule has 1 aliphatic heterocycles. The van der Waals surface area contributed by atoms with Crippen molar-refractivity contribution in [2.45, 2.75) is 13.8 Å². The summed E-state index contributed by atoms with van der Waals surface area (Å²) in [7, 11) is 0. The molecule has 0 amide bonds. The molecule has 5 aromatic rings. The molecule has 0 N–H and O–H groups in total. The first-order chi connectivity index (χ1) is 17.6. The van der Waals surface area contributed by atoms with Crippen molar-refractivity contribution in [3.8, 4) is 39.8 Å². The number of nitriles is 1. The van der Waals surface area contributed by atoms with Crippen LogP contribution in [0.4, 0.5) is 17.1 Å². The Morgan fingerprint density at radius 2 is 1.06 bits per heavy atom. The van der Waals surface area contributed by atoms with E-state index in [-0.39, 0.29) is 0 Å². The average Bonchev–Trinajstić information content (AvgIpc) is 2.93. The molecule has 36 heavy (non-hydrogen) atoms. The highest BCUT2D eigenvalue weighted by Crippen LogP contribution is 2.50. The van der Waals surface area contributed by atoms with E-state index in [1.54, 1.807) is 0 Å². The van der Waals surface area contributed by atoms with Gasteiger partial charge in [-0.2, -0.15) is 5.26 Å². The molecule has 0 unspecified atom stereocenters. The third kappa shape index (κ3) is 3.61. The molecule has 0 spiro atoms. The zero-order valence-electron chi connectivity index (χ0n) is 20.2. The van der Waals surface area contributed by atoms with Crippen LogP contribution < -0.4 is 9.64 Å². The minimum atomic E-state index is 0.676. The standard InChI is InChI=1S/C33H24N2O/c1-22-23(2)29(20-19-28(22)25-13-11-24(21-34)12-14-25)26-15-17-27(18-16-26)35-30-7-3-5-9-32(30)36-33-10-6-4-8-31(33)35/h3-20H,1-2H3. The van der Waals surface area contributed by atoms with Crippen LogP contribution in [0.1, 0.15) is 16.7 Å². The fourth-order valence-corrected chi connectivity index (χ4v) is 4.94. The molecule has 1 aliphatic rings. The van der Waals surface area contributed by atoms with E-state index < -0.39 is 0 Å². The highest BCUT2D eigenvalue weighted by molar-refractivity contribution is 5.87. The smallest absolute Gasteiger partial charge is 0.151 e. The van der Waals surface area contributed by atoms with Crippen molar-refractivity contribution in [1.29, 1.82) is 5.26 Å². The second kappa shape index (κ2) is 8.76. The summed E-state index contributed by atoms with van der Waals surface area (Å²) in [5.74, 6) is 1.70. The topological polar surface area (TPSA) is 36.3 Å². The number of anilines is 3. The lowest BCUT2D eigenvalue weighted by Gasteiger charge is -2.32. The third-order valence-corrected chi connectivity index (χ3v) is 6.98. The van der Waals surface area contributed by atoms with Gasteiger partial charge in [0.05, 0.1) is 23.0 Å². The van der Waals surface area contributed by atoms with E-state index in [0.717, 1.165) is 34.1 Å². The van der Waals surface area contributed by atoms with Gasteiger partial charge >= 0.3 is 0 Å². The summed E-state index contributed by atoms with van der Waals surface area (Å²) >= 11 is 0. The molecule has 3 nitrogen and oxygen atoms in total. The Labute approximate surface area is 211 Å². The van der Waals surface area contributed by atoms with Crippen LogP contribution >= 0.6 is 0 Å². The molecule has 0 bridgehead atoms. The lowest BCUT2D eigenvalue weighted by molar-refractivity contribution is 0.477. The first-order valence-corrected chi connectivity index (χ1v) is 12.0. The summed E-state index contributed by atoms with van der Waals surface area (Å²) in [6.07, 6.45) is 0. The molecule has 5 aromatic carbocycles. The Kier molecular flexibility index (Phi) is 5.28. The number of hydrogen-bond donors (Lipinski definition) is 0. The summed E-state index contributed by atoms with van der Waals surface area (Å²) in [6.45, 7) is 4.35. The molecule has 172 valence electrons. The maximum Gasteiger partial charge on any atom is 0.151 e. The normalized spacial score (nSPS) is 11.8. The van der Waals surface area contributed by atoms with Crippen LogP contribution in [-0.4, -0.2) is 0 Å². The van der Waals surface area contributed by atoms with Gasteiger partial charge in [0.2, 0.25) is 0 Å². The molecule has 0 aromatic heterocycles. The number of hydrogen-bond acceptors (Lipinski definition) is 3. The molecule has 0 saturated heterocycles. The first-order valence-electron chi connectivity index (χ1n) is 12.0. The fourth-order valence-electron chi connectivity index (χ4n) is 4.94. The van der Waals surface area contributed by atoms with Gasteiger partial charge < -0.3 is 9.64 Å². The van der Waals surface area contributed by atoms with Gasteiger partial charge in [-0.1, -0.05) is 60.7 Å². The SMILES string of the molecule is Cc1c(-c2ccc(C#N)cc2)ccc(-c2ccc(N3c4ccccc4Oc4ccccc43)cc2)c1C. The Bertz CT molecular complexity index is 1580. The minimum absolute atomic E-state index is 0.676. The van der Waals surface area contributed by atoms with Gasteiger partial charge in [-0.05, 0) is 95.8 Å². The molecule has 0 radical (unpaired) electrons. The molecule has 3 heteroatoms. The summed E-state index contributed by atoms with van der Waals surface area (Å²) < 4.78 is 6.15. The largest absolute Gasteiger partial charge is 0.453 e. The highest BCUT2D eigenvalue weighted by Gasteiger charge is 2.25. The monoisotopic (exact) mass is 464 g/mol. The average molecular weight is 465 g/mol. The van der Waals surface area contributed by atoms with E-state index in [2.05, 4.69) is 73.3 Å². The van der Waals surface area contributed by atoms with Crippen LogP contribution in [0, 0.1) is 25.2 Å². The van der Waals surface area contributed by atoms with Crippen molar-refractivity contribution < 1.29 is 4.74 Å². The summed E-state index contributed by atoms with van der Waals surface area (Å²) in [5, 5.41) is 9.10. The second-order valence-electron chi connectivity index (χ2n) is 9.02. The Morgan fingerprint density at radius 1 is 0.583 bits per heavy atom. The predicted molar refractivity (Wildman–Crippen MR) is 146 cm³/mol. The van der Waals surface area contributed by atoms with Crippen LogP contribution in [0.3, 0.4) is 0 Å². The minimum Gasteiger partial charge on any atom is -0.453 e. The van der Waals surface area contributed by atoms with Gasteiger partial charge in [0, 0.05) is 5.69 Å². The number of benzene rings is 5. The molecular formula is C33H24N2O. The predicted octanol–water partition coefficient (Wildman–Crippen LogP) is 9.08. The van der Waals surface area contributed by atoms with Crippen molar-refractivity contribution in [3.05, 3.63) is 126 Å². The maximum atomic E-state index is 9.10. The molecule has 6 rings (SSSR count). The van der Waals surface area contributed by atoms with Gasteiger partial charge in [0.25, 0.3) is 0 Å². The quantitative estimate of drug-likeness (QED) is 0.262. The van der Waals surface area contributed by atoms with Gasteiger partial charge in [-0.3, -0.25) is 0 Å². The molecule has 0 aliphatic carbocycles. The van der Waals surface area contributed by atoms with Crippen molar-refractivity contribution in [3.63, 3.8) is 0 Å². The van der Waals surface area contributed by atoms with Gasteiger partial charge in [0.1, 0.15) is 0 Å². The van der Waals surface area contributed by atoms with E-state index in [9.17, 15) is 0 Å². The van der Waals surface area contributed by atoms with E-state index in [1.807, 2.05) is 60.7 Å². The van der Waals surface area contributed by atoms with Crippen LogP contribution in [-0.2, 0) is 0 Å². The second-order valence-corrected chi connectivity index (χ2v) is 9.02. The van der Waals surface area contributed by atoms with Crippen molar-refractivity contribution >= 4 is 17.1 Å². The van der Waals surface area contributed by atoms with Crippen LogP contribution in [0.15, 0.2) is 109 Å². The maximum absolute atomic E-state index is 9.10. The lowest BCUT2D eigenvalue weighted by atomic mass is 9.90. The zero-order chi connectivity index (χ0) is 24.6. The Balaban J connectivity index is 1.37. The number of ether oxygens (including phenoxy) is 1. The summed E-state index contributed by atoms with van der Waals surface area (Å²) in [6, 6.07) is 39.4. The number of nitrogens with zero attached hydrogens (tertiary/aromatic N) is 2. The van der Waals surface area contributed by atoms with Crippen molar-refractivity contribution in [2.24, 2.45) is 0 Å². The highest BCUT2D eigenvalue weighted by atomic mass is 16.5. The van der Waals surface area contributed by atoms with E-state index in [4.69, 9.17) is 10.00 Å². The van der Waals surface area contributed by atoms with E-state index >= 15 is 0 Å². The van der Waals surface area contributed by atoms with Crippen molar-refractivity contribution in [2.75, 3.05) is 4.90 Å². The zero-order valence-corrected chi connectivity index (χ0v) is 20.2. The molecule has 0 atom stereocenters. The number of fused-ring (bicyclic) bond motifs is 2. The summed E-state index contributed by atoms with van der Waals surface area (Å²) in [4.78, 5) is 2.25. The number of rotatable bonds is 3. The van der Waals surface area contributed by atoms with Gasteiger partial charge in [-0.15, -0.1) is 0 Å². The summed E-state index contributed by atoms with van der Waals surface area (Å²) in [5.41, 5.74) is 11.1. The number of para-hydroxylation sites is 4. The van der Waals surface area contributed by atoms with E-state index in [1.165, 1.54) is 27.8 Å². The first kappa shape index (κ1) is 21.7. The van der Waals surface area contributed by atoms with Gasteiger partial charge in [0.15, 0.2) is 11.5 Å². The van der Waals surface area contributed by atoms with Crippen molar-refractivity contribution in [1.82, 2.24) is 0 Å². The fraction of sp³-hybridized carbons (Fsp3) is 0.0606. The molecule has 1 heterocycles. The third-order valence-electron chi connectivity index (χ3n) is 6.98. The van der Waals surface area contributed by atoms with Crippen LogP contribution in [0.25, 0.3) is 22.3 Å². The molecule has 0 fully saturated rings. The van der Waals surface area contributed by atoms with Crippen LogP contribution in [0.5, 0.6) is 11.5 Å². The lowest BCUT2D eigenvalue weighted by Crippen LogP contribution is -2.15. The Hall–Kier alpha value is -4.81. The van der Waals surface area contributed by atoms with Crippen LogP contribution in [0.2, 0.25) is 0 Å². The molecule has 0 saturated carbocycles. The molecular weight excluding hydrogens is 440 g/mol. The Morgan fingerprint density at radius 3 is 1.56 bits per heavy atom. The van der Waals surface area contributed by atoms with Gasteiger partial charge in [-0.25, -0.2) is 0 Å². The van der Waals surface area contributed by atoms with E-state index in [0.29, 0.717) is 5.56 Å².